The topological polar surface area (TPSA) is 82.4 Å². The van der Waals surface area contributed by atoms with Crippen molar-refractivity contribution < 1.29 is 14.3 Å². The Balaban J connectivity index is 1.92. The Morgan fingerprint density at radius 1 is 1.17 bits per heavy atom. The molecule has 1 aromatic carbocycles. The van der Waals surface area contributed by atoms with E-state index in [4.69, 9.17) is 9.47 Å². The molecule has 7 heteroatoms. The van der Waals surface area contributed by atoms with E-state index >= 15 is 0 Å². The van der Waals surface area contributed by atoms with Crippen molar-refractivity contribution in [1.29, 1.82) is 0 Å². The van der Waals surface area contributed by atoms with Crippen molar-refractivity contribution >= 4 is 16.9 Å². The van der Waals surface area contributed by atoms with E-state index in [0.29, 0.717) is 23.2 Å². The van der Waals surface area contributed by atoms with E-state index in [9.17, 15) is 9.59 Å². The summed E-state index contributed by atoms with van der Waals surface area (Å²) in [6, 6.07) is 9.45. The highest BCUT2D eigenvalue weighted by atomic mass is 16.6. The van der Waals surface area contributed by atoms with Crippen LogP contribution in [0.4, 0.5) is 4.79 Å². The normalized spacial score (nSPS) is 11.0. The Labute approximate surface area is 175 Å². The third-order valence-corrected chi connectivity index (χ3v) is 5.17. The van der Waals surface area contributed by atoms with E-state index in [-0.39, 0.29) is 17.4 Å². The van der Waals surface area contributed by atoms with E-state index < -0.39 is 6.09 Å². The molecule has 3 aromatic rings. The van der Waals surface area contributed by atoms with Gasteiger partial charge in [-0.2, -0.15) is 0 Å². The SMILES string of the molecule is CCC(CC)n1cc(OC(=O)NCc2ccc(C)cc2)c2cnc(OC)cc2c1=O. The first-order chi connectivity index (χ1) is 14.5. The van der Waals surface area contributed by atoms with Gasteiger partial charge in [-0.3, -0.25) is 4.79 Å². The largest absolute Gasteiger partial charge is 0.481 e. The van der Waals surface area contributed by atoms with Gasteiger partial charge in [0, 0.05) is 24.8 Å². The van der Waals surface area contributed by atoms with Crippen LogP contribution in [-0.2, 0) is 6.54 Å². The Kier molecular flexibility index (Phi) is 6.72. The molecule has 0 aliphatic rings. The van der Waals surface area contributed by atoms with Crippen molar-refractivity contribution in [1.82, 2.24) is 14.9 Å². The monoisotopic (exact) mass is 409 g/mol. The minimum Gasteiger partial charge on any atom is -0.481 e. The van der Waals surface area contributed by atoms with Crippen LogP contribution in [0.15, 0.2) is 47.5 Å². The van der Waals surface area contributed by atoms with Gasteiger partial charge in [-0.1, -0.05) is 43.7 Å². The van der Waals surface area contributed by atoms with E-state index in [1.165, 1.54) is 13.3 Å². The number of carbonyl (C=O) groups is 1. The van der Waals surface area contributed by atoms with Gasteiger partial charge in [0.05, 0.1) is 24.1 Å². The van der Waals surface area contributed by atoms with Crippen molar-refractivity contribution in [2.75, 3.05) is 7.11 Å². The van der Waals surface area contributed by atoms with Gasteiger partial charge in [0.2, 0.25) is 5.88 Å². The summed E-state index contributed by atoms with van der Waals surface area (Å²) >= 11 is 0. The average Bonchev–Trinajstić information content (AvgIpc) is 2.76. The molecule has 0 aliphatic heterocycles. The standard InChI is InChI=1S/C23H27N3O4/c1-5-17(6-2)26-14-20(19-13-24-21(29-4)11-18(19)22(26)27)30-23(28)25-12-16-9-7-15(3)8-10-16/h7-11,13-14,17H,5-6,12H2,1-4H3,(H,25,28). The number of methoxy groups -OCH3 is 1. The number of hydrogen-bond donors (Lipinski definition) is 1. The molecular formula is C23H27N3O4. The van der Waals surface area contributed by atoms with Crippen LogP contribution in [0.3, 0.4) is 0 Å². The third-order valence-electron chi connectivity index (χ3n) is 5.17. The summed E-state index contributed by atoms with van der Waals surface area (Å²) in [6.07, 6.45) is 4.06. The molecule has 0 unspecified atom stereocenters. The molecule has 0 aliphatic carbocycles. The molecule has 0 atom stereocenters. The molecule has 1 amide bonds. The first-order valence-electron chi connectivity index (χ1n) is 10.1. The number of nitrogens with one attached hydrogen (secondary N) is 1. The number of rotatable bonds is 7. The van der Waals surface area contributed by atoms with E-state index in [2.05, 4.69) is 10.3 Å². The number of aromatic nitrogens is 2. The first kappa shape index (κ1) is 21.4. The number of carbonyl (C=O) groups excluding carboxylic acids is 1. The molecule has 0 fully saturated rings. The first-order valence-corrected chi connectivity index (χ1v) is 10.1. The van der Waals surface area contributed by atoms with Crippen LogP contribution in [0, 0.1) is 6.92 Å². The number of fused-ring (bicyclic) bond motifs is 1. The number of hydrogen-bond acceptors (Lipinski definition) is 5. The zero-order chi connectivity index (χ0) is 21.7. The predicted octanol–water partition coefficient (Wildman–Crippen LogP) is 4.36. The van der Waals surface area contributed by atoms with Gasteiger partial charge in [-0.05, 0) is 25.3 Å². The molecule has 0 saturated heterocycles. The molecule has 2 heterocycles. The predicted molar refractivity (Wildman–Crippen MR) is 116 cm³/mol. The number of amides is 1. The molecule has 3 rings (SSSR count). The molecule has 1 N–H and O–H groups in total. The van der Waals surface area contributed by atoms with Gasteiger partial charge in [-0.25, -0.2) is 9.78 Å². The second-order valence-corrected chi connectivity index (χ2v) is 7.18. The smallest absolute Gasteiger partial charge is 0.412 e. The van der Waals surface area contributed by atoms with Crippen LogP contribution in [-0.4, -0.2) is 22.8 Å². The van der Waals surface area contributed by atoms with E-state index in [1.54, 1.807) is 16.8 Å². The highest BCUT2D eigenvalue weighted by molar-refractivity contribution is 5.89. The zero-order valence-corrected chi connectivity index (χ0v) is 17.8. The van der Waals surface area contributed by atoms with Crippen molar-refractivity contribution in [3.8, 4) is 11.6 Å². The lowest BCUT2D eigenvalue weighted by Gasteiger charge is -2.19. The zero-order valence-electron chi connectivity index (χ0n) is 17.8. The summed E-state index contributed by atoms with van der Waals surface area (Å²) in [5.74, 6) is 0.615. The third kappa shape index (κ3) is 4.62. The summed E-state index contributed by atoms with van der Waals surface area (Å²) in [5, 5.41) is 3.62. The summed E-state index contributed by atoms with van der Waals surface area (Å²) in [4.78, 5) is 29.7. The van der Waals surface area contributed by atoms with Crippen LogP contribution in [0.2, 0.25) is 0 Å². The molecule has 0 bridgehead atoms. The van der Waals surface area contributed by atoms with Gasteiger partial charge in [0.15, 0.2) is 5.75 Å². The molecule has 0 radical (unpaired) electrons. The maximum absolute atomic E-state index is 13.1. The Morgan fingerprint density at radius 2 is 1.87 bits per heavy atom. The van der Waals surface area contributed by atoms with Crippen molar-refractivity contribution in [3.63, 3.8) is 0 Å². The van der Waals surface area contributed by atoms with Crippen LogP contribution < -0.4 is 20.3 Å². The maximum Gasteiger partial charge on any atom is 0.412 e. The molecule has 30 heavy (non-hydrogen) atoms. The highest BCUT2D eigenvalue weighted by Gasteiger charge is 2.18. The lowest BCUT2D eigenvalue weighted by molar-refractivity contribution is 0.200. The summed E-state index contributed by atoms with van der Waals surface area (Å²) in [5.41, 5.74) is 1.96. The maximum atomic E-state index is 13.1. The fraction of sp³-hybridized carbons (Fsp3) is 0.348. The van der Waals surface area contributed by atoms with E-state index in [1.807, 2.05) is 45.0 Å². The fourth-order valence-corrected chi connectivity index (χ4v) is 3.37. The lowest BCUT2D eigenvalue weighted by Crippen LogP contribution is -2.28. The number of ether oxygens (including phenoxy) is 2. The van der Waals surface area contributed by atoms with Crippen LogP contribution in [0.1, 0.15) is 43.9 Å². The van der Waals surface area contributed by atoms with Gasteiger partial charge in [0.1, 0.15) is 0 Å². The summed E-state index contributed by atoms with van der Waals surface area (Å²) in [6.45, 7) is 6.39. The lowest BCUT2D eigenvalue weighted by atomic mass is 10.1. The van der Waals surface area contributed by atoms with Gasteiger partial charge >= 0.3 is 6.09 Å². The Hall–Kier alpha value is -3.35. The number of aryl methyl sites for hydroxylation is 1. The quantitative estimate of drug-likeness (QED) is 0.627. The van der Waals surface area contributed by atoms with Crippen LogP contribution in [0.5, 0.6) is 11.6 Å². The number of pyridine rings is 2. The molecule has 0 spiro atoms. The average molecular weight is 409 g/mol. The van der Waals surface area contributed by atoms with Gasteiger partial charge < -0.3 is 19.4 Å². The molecular weight excluding hydrogens is 382 g/mol. The Morgan fingerprint density at radius 3 is 2.50 bits per heavy atom. The second-order valence-electron chi connectivity index (χ2n) is 7.18. The minimum absolute atomic E-state index is 0.000898. The van der Waals surface area contributed by atoms with Gasteiger partial charge in [-0.15, -0.1) is 0 Å². The Bertz CT molecular complexity index is 1090. The van der Waals surface area contributed by atoms with Crippen LogP contribution >= 0.6 is 0 Å². The van der Waals surface area contributed by atoms with Crippen molar-refractivity contribution in [3.05, 3.63) is 64.2 Å². The molecule has 2 aromatic heterocycles. The number of benzene rings is 1. The summed E-state index contributed by atoms with van der Waals surface area (Å²) in [7, 11) is 1.49. The minimum atomic E-state index is -0.595. The highest BCUT2D eigenvalue weighted by Crippen LogP contribution is 2.27. The van der Waals surface area contributed by atoms with E-state index in [0.717, 1.165) is 24.0 Å². The van der Waals surface area contributed by atoms with Gasteiger partial charge in [0.25, 0.3) is 5.56 Å². The van der Waals surface area contributed by atoms with Crippen molar-refractivity contribution in [2.45, 2.75) is 46.2 Å². The fourth-order valence-electron chi connectivity index (χ4n) is 3.37. The molecule has 0 saturated carbocycles. The molecule has 158 valence electrons. The molecule has 7 nitrogen and oxygen atoms in total. The number of nitrogens with zero attached hydrogens (tertiary/aromatic N) is 2. The summed E-state index contributed by atoms with van der Waals surface area (Å²) < 4.78 is 12.4. The van der Waals surface area contributed by atoms with Crippen molar-refractivity contribution in [2.24, 2.45) is 0 Å². The second kappa shape index (κ2) is 9.43. The van der Waals surface area contributed by atoms with Crippen LogP contribution in [0.25, 0.3) is 10.8 Å².